The van der Waals surface area contributed by atoms with Crippen LogP contribution >= 0.6 is 0 Å². The third-order valence-corrected chi connectivity index (χ3v) is 4.48. The standard InChI is InChI=1S/C16H18N6O/c1-11-18-19-20-22(11)9-7-16(23)21-8-6-15-13(10-21)12-4-2-3-5-14(12)17-15/h2-5,17H,6-10H2,1H3. The molecule has 1 aromatic carbocycles. The number of H-pyrrole nitrogens is 1. The van der Waals surface area contributed by atoms with Gasteiger partial charge >= 0.3 is 0 Å². The topological polar surface area (TPSA) is 79.7 Å². The number of amides is 1. The van der Waals surface area contributed by atoms with Crippen molar-refractivity contribution in [2.45, 2.75) is 32.9 Å². The van der Waals surface area contributed by atoms with Gasteiger partial charge in [0.15, 0.2) is 0 Å². The zero-order chi connectivity index (χ0) is 15.8. The molecule has 4 rings (SSSR count). The molecule has 0 saturated carbocycles. The molecule has 0 atom stereocenters. The van der Waals surface area contributed by atoms with Gasteiger partial charge in [-0.1, -0.05) is 18.2 Å². The van der Waals surface area contributed by atoms with Crippen molar-refractivity contribution in [2.75, 3.05) is 6.54 Å². The predicted molar refractivity (Wildman–Crippen MR) is 84.6 cm³/mol. The summed E-state index contributed by atoms with van der Waals surface area (Å²) in [5, 5.41) is 12.5. The van der Waals surface area contributed by atoms with Crippen molar-refractivity contribution in [2.24, 2.45) is 0 Å². The average Bonchev–Trinajstić information content (AvgIpc) is 3.15. The van der Waals surface area contributed by atoms with Crippen LogP contribution in [0, 0.1) is 6.92 Å². The number of rotatable bonds is 3. The second kappa shape index (κ2) is 5.49. The van der Waals surface area contributed by atoms with Crippen LogP contribution in [0.4, 0.5) is 0 Å². The first-order valence-corrected chi connectivity index (χ1v) is 7.81. The molecule has 0 unspecified atom stereocenters. The number of aryl methyl sites for hydroxylation is 2. The molecule has 0 bridgehead atoms. The van der Waals surface area contributed by atoms with Crippen molar-refractivity contribution < 1.29 is 4.79 Å². The van der Waals surface area contributed by atoms with Gasteiger partial charge in [0.1, 0.15) is 5.82 Å². The van der Waals surface area contributed by atoms with Crippen LogP contribution in [0.15, 0.2) is 24.3 Å². The fourth-order valence-electron chi connectivity index (χ4n) is 3.19. The van der Waals surface area contributed by atoms with E-state index in [0.29, 0.717) is 19.5 Å². The molecule has 1 amide bonds. The molecule has 3 aromatic rings. The van der Waals surface area contributed by atoms with Crippen LogP contribution < -0.4 is 0 Å². The van der Waals surface area contributed by atoms with Gasteiger partial charge in [-0.3, -0.25) is 4.79 Å². The molecule has 118 valence electrons. The van der Waals surface area contributed by atoms with Gasteiger partial charge in [0.25, 0.3) is 0 Å². The minimum atomic E-state index is 0.149. The number of nitrogens with one attached hydrogen (secondary N) is 1. The quantitative estimate of drug-likeness (QED) is 0.794. The Bertz CT molecular complexity index is 864. The Morgan fingerprint density at radius 2 is 2.22 bits per heavy atom. The number of hydrogen-bond acceptors (Lipinski definition) is 4. The smallest absolute Gasteiger partial charge is 0.224 e. The van der Waals surface area contributed by atoms with Crippen LogP contribution in [-0.2, 0) is 24.3 Å². The van der Waals surface area contributed by atoms with E-state index in [9.17, 15) is 4.79 Å². The summed E-state index contributed by atoms with van der Waals surface area (Å²) in [6.07, 6.45) is 1.29. The van der Waals surface area contributed by atoms with E-state index in [0.717, 1.165) is 24.3 Å². The summed E-state index contributed by atoms with van der Waals surface area (Å²) in [7, 11) is 0. The van der Waals surface area contributed by atoms with Gasteiger partial charge < -0.3 is 9.88 Å². The van der Waals surface area contributed by atoms with E-state index < -0.39 is 0 Å². The summed E-state index contributed by atoms with van der Waals surface area (Å²) in [4.78, 5) is 17.9. The van der Waals surface area contributed by atoms with E-state index in [1.165, 1.54) is 16.6 Å². The third-order valence-electron chi connectivity index (χ3n) is 4.48. The van der Waals surface area contributed by atoms with Crippen LogP contribution in [0.5, 0.6) is 0 Å². The second-order valence-electron chi connectivity index (χ2n) is 5.89. The molecule has 0 fully saturated rings. The molecular formula is C16H18N6O. The largest absolute Gasteiger partial charge is 0.358 e. The Hall–Kier alpha value is -2.70. The summed E-state index contributed by atoms with van der Waals surface area (Å²) in [6, 6.07) is 8.27. The first kappa shape index (κ1) is 13.9. The van der Waals surface area contributed by atoms with E-state index in [1.807, 2.05) is 24.0 Å². The lowest BCUT2D eigenvalue weighted by molar-refractivity contribution is -0.132. The number of fused-ring (bicyclic) bond motifs is 3. The Morgan fingerprint density at radius 3 is 3.04 bits per heavy atom. The zero-order valence-corrected chi connectivity index (χ0v) is 13.0. The average molecular weight is 310 g/mol. The number of tetrazole rings is 1. The Balaban J connectivity index is 1.49. The van der Waals surface area contributed by atoms with E-state index in [4.69, 9.17) is 0 Å². The lowest BCUT2D eigenvalue weighted by atomic mass is 10.0. The monoisotopic (exact) mass is 310 g/mol. The van der Waals surface area contributed by atoms with Crippen molar-refractivity contribution in [3.8, 4) is 0 Å². The summed E-state index contributed by atoms with van der Waals surface area (Å²) in [5.41, 5.74) is 3.65. The summed E-state index contributed by atoms with van der Waals surface area (Å²) < 4.78 is 1.67. The lowest BCUT2D eigenvalue weighted by Gasteiger charge is -2.27. The van der Waals surface area contributed by atoms with Gasteiger partial charge in [-0.2, -0.15) is 0 Å². The fraction of sp³-hybridized carbons (Fsp3) is 0.375. The molecule has 23 heavy (non-hydrogen) atoms. The minimum Gasteiger partial charge on any atom is -0.358 e. The lowest BCUT2D eigenvalue weighted by Crippen LogP contribution is -2.36. The van der Waals surface area contributed by atoms with Crippen LogP contribution in [0.25, 0.3) is 10.9 Å². The Morgan fingerprint density at radius 1 is 1.35 bits per heavy atom. The van der Waals surface area contributed by atoms with Crippen molar-refractivity contribution >= 4 is 16.8 Å². The number of carbonyl (C=O) groups excluding carboxylic acids is 1. The number of aromatic amines is 1. The number of benzene rings is 1. The summed E-state index contributed by atoms with van der Waals surface area (Å²) in [6.45, 7) is 3.79. The van der Waals surface area contributed by atoms with Crippen LogP contribution in [0.3, 0.4) is 0 Å². The van der Waals surface area contributed by atoms with E-state index in [-0.39, 0.29) is 5.91 Å². The maximum atomic E-state index is 12.5. The first-order valence-electron chi connectivity index (χ1n) is 7.81. The molecule has 3 heterocycles. The van der Waals surface area contributed by atoms with Gasteiger partial charge in [-0.15, -0.1) is 5.10 Å². The van der Waals surface area contributed by atoms with Gasteiger partial charge in [0.05, 0.1) is 6.54 Å². The normalized spacial score (nSPS) is 14.2. The third kappa shape index (κ3) is 2.48. The van der Waals surface area contributed by atoms with Crippen molar-refractivity contribution in [1.82, 2.24) is 30.1 Å². The van der Waals surface area contributed by atoms with Crippen LogP contribution in [0.2, 0.25) is 0 Å². The highest BCUT2D eigenvalue weighted by atomic mass is 16.2. The van der Waals surface area contributed by atoms with E-state index in [1.54, 1.807) is 4.68 Å². The van der Waals surface area contributed by atoms with Gasteiger partial charge in [-0.25, -0.2) is 4.68 Å². The highest BCUT2D eigenvalue weighted by molar-refractivity contribution is 5.86. The number of carbonyl (C=O) groups is 1. The SMILES string of the molecule is Cc1nnnn1CCC(=O)N1CCc2[nH]c3ccccc3c2C1. The fourth-order valence-corrected chi connectivity index (χ4v) is 3.19. The molecular weight excluding hydrogens is 292 g/mol. The molecule has 0 spiro atoms. The number of para-hydroxylation sites is 1. The number of nitrogens with zero attached hydrogens (tertiary/aromatic N) is 5. The first-order chi connectivity index (χ1) is 11.2. The Labute approximate surface area is 133 Å². The molecule has 0 radical (unpaired) electrons. The highest BCUT2D eigenvalue weighted by Gasteiger charge is 2.23. The van der Waals surface area contributed by atoms with Crippen molar-refractivity contribution in [3.05, 3.63) is 41.3 Å². The number of aromatic nitrogens is 5. The summed E-state index contributed by atoms with van der Waals surface area (Å²) >= 11 is 0. The molecule has 1 aliphatic rings. The minimum absolute atomic E-state index is 0.149. The van der Waals surface area contributed by atoms with Gasteiger partial charge in [0.2, 0.25) is 5.91 Å². The Kier molecular flexibility index (Phi) is 3.33. The molecule has 0 aliphatic carbocycles. The zero-order valence-electron chi connectivity index (χ0n) is 13.0. The van der Waals surface area contributed by atoms with Crippen LogP contribution in [0.1, 0.15) is 23.5 Å². The van der Waals surface area contributed by atoms with Gasteiger partial charge in [-0.05, 0) is 23.4 Å². The second-order valence-corrected chi connectivity index (χ2v) is 5.89. The van der Waals surface area contributed by atoms with Crippen molar-refractivity contribution in [3.63, 3.8) is 0 Å². The molecule has 2 aromatic heterocycles. The van der Waals surface area contributed by atoms with Gasteiger partial charge in [0, 0.05) is 48.1 Å². The molecule has 1 N–H and O–H groups in total. The molecule has 0 saturated heterocycles. The summed E-state index contributed by atoms with van der Waals surface area (Å²) in [5.74, 6) is 0.881. The van der Waals surface area contributed by atoms with E-state index >= 15 is 0 Å². The predicted octanol–water partition coefficient (Wildman–Crippen LogP) is 1.44. The maximum Gasteiger partial charge on any atom is 0.224 e. The molecule has 1 aliphatic heterocycles. The molecule has 7 heteroatoms. The highest BCUT2D eigenvalue weighted by Crippen LogP contribution is 2.27. The number of hydrogen-bond donors (Lipinski definition) is 1. The molecule has 7 nitrogen and oxygen atoms in total. The maximum absolute atomic E-state index is 12.5. The van der Waals surface area contributed by atoms with Crippen LogP contribution in [-0.4, -0.2) is 42.5 Å². The van der Waals surface area contributed by atoms with Crippen molar-refractivity contribution in [1.29, 1.82) is 0 Å². The van der Waals surface area contributed by atoms with E-state index in [2.05, 4.69) is 32.6 Å².